The van der Waals surface area contributed by atoms with Crippen molar-refractivity contribution in [3.05, 3.63) is 49.1 Å². The zero-order valence-corrected chi connectivity index (χ0v) is 12.9. The van der Waals surface area contributed by atoms with Crippen LogP contribution in [0.2, 0.25) is 5.02 Å². The second-order valence-electron chi connectivity index (χ2n) is 4.42. The molecule has 0 saturated carbocycles. The van der Waals surface area contributed by atoms with Gasteiger partial charge < -0.3 is 11.1 Å². The summed E-state index contributed by atoms with van der Waals surface area (Å²) in [6.07, 6.45) is 0.388. The van der Waals surface area contributed by atoms with E-state index in [0.717, 1.165) is 26.2 Å². The molecule has 0 bridgehead atoms. The Bertz CT molecular complexity index is 671. The molecule has 1 aromatic heterocycles. The van der Waals surface area contributed by atoms with Crippen molar-refractivity contribution in [3.63, 3.8) is 0 Å². The normalized spacial score (nSPS) is 15.2. The van der Waals surface area contributed by atoms with Crippen LogP contribution in [-0.2, 0) is 11.2 Å². The SMILES string of the molecule is NC(c1csc(Br)c1)c1cc2c(cc1Cl)NC(=O)C2. The molecule has 1 amide bonds. The third-order valence-electron chi connectivity index (χ3n) is 3.13. The van der Waals surface area contributed by atoms with E-state index in [1.807, 2.05) is 17.5 Å². The highest BCUT2D eigenvalue weighted by atomic mass is 79.9. The lowest BCUT2D eigenvalue weighted by molar-refractivity contribution is -0.115. The molecule has 0 radical (unpaired) electrons. The number of nitrogens with two attached hydrogens (primary N) is 1. The van der Waals surface area contributed by atoms with Gasteiger partial charge in [-0.2, -0.15) is 0 Å². The van der Waals surface area contributed by atoms with Gasteiger partial charge >= 0.3 is 0 Å². The number of nitrogens with one attached hydrogen (secondary N) is 1. The molecule has 19 heavy (non-hydrogen) atoms. The lowest BCUT2D eigenvalue weighted by atomic mass is 9.99. The highest BCUT2D eigenvalue weighted by Gasteiger charge is 2.22. The first-order valence-corrected chi connectivity index (χ1v) is 7.71. The van der Waals surface area contributed by atoms with E-state index in [2.05, 4.69) is 21.2 Å². The highest BCUT2D eigenvalue weighted by molar-refractivity contribution is 9.11. The predicted molar refractivity (Wildman–Crippen MR) is 81.8 cm³/mol. The van der Waals surface area contributed by atoms with E-state index in [4.69, 9.17) is 17.3 Å². The molecule has 1 atom stereocenters. The second kappa shape index (κ2) is 4.90. The number of carbonyl (C=O) groups excluding carboxylic acids is 1. The van der Waals surface area contributed by atoms with Crippen LogP contribution in [0.3, 0.4) is 0 Å². The number of carbonyl (C=O) groups is 1. The number of anilines is 1. The van der Waals surface area contributed by atoms with Gasteiger partial charge in [0.2, 0.25) is 5.91 Å². The fraction of sp³-hybridized carbons (Fsp3) is 0.154. The average Bonchev–Trinajstić information content (AvgIpc) is 2.92. The van der Waals surface area contributed by atoms with E-state index in [1.165, 1.54) is 0 Å². The van der Waals surface area contributed by atoms with Gasteiger partial charge in [0.15, 0.2) is 0 Å². The fourth-order valence-electron chi connectivity index (χ4n) is 2.17. The number of rotatable bonds is 2. The van der Waals surface area contributed by atoms with Gasteiger partial charge in [-0.3, -0.25) is 4.79 Å². The minimum Gasteiger partial charge on any atom is -0.325 e. The summed E-state index contributed by atoms with van der Waals surface area (Å²) < 4.78 is 1.03. The lowest BCUT2D eigenvalue weighted by Gasteiger charge is -2.14. The molecule has 1 aliphatic heterocycles. The standard InChI is InChI=1S/C13H10BrClN2OS/c14-11-2-7(5-19-11)13(16)8-1-6-3-12(18)17-10(6)4-9(8)15/h1-2,4-5,13H,3,16H2,(H,17,18). The van der Waals surface area contributed by atoms with Crippen LogP contribution in [-0.4, -0.2) is 5.91 Å². The molecule has 0 saturated heterocycles. The Kier molecular flexibility index (Phi) is 3.39. The van der Waals surface area contributed by atoms with E-state index in [0.29, 0.717) is 11.4 Å². The average molecular weight is 358 g/mol. The van der Waals surface area contributed by atoms with Crippen LogP contribution in [0.4, 0.5) is 5.69 Å². The lowest BCUT2D eigenvalue weighted by Crippen LogP contribution is -2.11. The highest BCUT2D eigenvalue weighted by Crippen LogP contribution is 2.35. The monoisotopic (exact) mass is 356 g/mol. The van der Waals surface area contributed by atoms with Crippen molar-refractivity contribution in [2.45, 2.75) is 12.5 Å². The summed E-state index contributed by atoms with van der Waals surface area (Å²) in [5.41, 5.74) is 9.86. The Balaban J connectivity index is 2.02. The van der Waals surface area contributed by atoms with Crippen LogP contribution in [0.1, 0.15) is 22.7 Å². The van der Waals surface area contributed by atoms with Crippen LogP contribution in [0.15, 0.2) is 27.4 Å². The molecule has 1 aromatic carbocycles. The zero-order chi connectivity index (χ0) is 13.6. The summed E-state index contributed by atoms with van der Waals surface area (Å²) in [7, 11) is 0. The summed E-state index contributed by atoms with van der Waals surface area (Å²) in [4.78, 5) is 11.4. The summed E-state index contributed by atoms with van der Waals surface area (Å²) in [5, 5.41) is 5.36. The van der Waals surface area contributed by atoms with Crippen molar-refractivity contribution < 1.29 is 4.79 Å². The second-order valence-corrected chi connectivity index (χ2v) is 7.12. The van der Waals surface area contributed by atoms with Gasteiger partial charge in [-0.25, -0.2) is 0 Å². The summed E-state index contributed by atoms with van der Waals surface area (Å²) in [5.74, 6) is -0.00457. The quantitative estimate of drug-likeness (QED) is 0.861. The number of fused-ring (bicyclic) bond motifs is 1. The molecule has 1 aliphatic rings. The minimum atomic E-state index is -0.281. The smallest absolute Gasteiger partial charge is 0.228 e. The van der Waals surface area contributed by atoms with Crippen LogP contribution in [0.5, 0.6) is 0 Å². The van der Waals surface area contributed by atoms with Gasteiger partial charge in [0.05, 0.1) is 16.2 Å². The first-order valence-electron chi connectivity index (χ1n) is 5.66. The number of hydrogen-bond donors (Lipinski definition) is 2. The van der Waals surface area contributed by atoms with E-state index in [1.54, 1.807) is 17.4 Å². The molecular weight excluding hydrogens is 348 g/mol. The van der Waals surface area contributed by atoms with Crippen molar-refractivity contribution in [2.75, 3.05) is 5.32 Å². The molecule has 0 spiro atoms. The van der Waals surface area contributed by atoms with Gasteiger partial charge in [0.1, 0.15) is 0 Å². The molecule has 2 heterocycles. The molecule has 0 fully saturated rings. The third-order valence-corrected chi connectivity index (χ3v) is 4.98. The van der Waals surface area contributed by atoms with E-state index in [9.17, 15) is 4.79 Å². The van der Waals surface area contributed by atoms with Crippen molar-refractivity contribution in [1.82, 2.24) is 0 Å². The Morgan fingerprint density at radius 2 is 2.21 bits per heavy atom. The molecule has 2 aromatic rings. The number of benzene rings is 1. The van der Waals surface area contributed by atoms with Crippen LogP contribution >= 0.6 is 38.9 Å². The first-order chi connectivity index (χ1) is 9.04. The zero-order valence-electron chi connectivity index (χ0n) is 9.74. The number of halogens is 2. The topological polar surface area (TPSA) is 55.1 Å². The summed E-state index contributed by atoms with van der Waals surface area (Å²) in [6.45, 7) is 0. The molecule has 6 heteroatoms. The van der Waals surface area contributed by atoms with Crippen molar-refractivity contribution in [1.29, 1.82) is 0 Å². The molecule has 3 rings (SSSR count). The van der Waals surface area contributed by atoms with Crippen molar-refractivity contribution in [2.24, 2.45) is 5.73 Å². The molecule has 0 aliphatic carbocycles. The number of thiophene rings is 1. The Labute approximate surface area is 127 Å². The molecule has 3 nitrogen and oxygen atoms in total. The summed E-state index contributed by atoms with van der Waals surface area (Å²) in [6, 6.07) is 5.41. The minimum absolute atomic E-state index is 0.00457. The van der Waals surface area contributed by atoms with E-state index >= 15 is 0 Å². The number of amides is 1. The molecular formula is C13H10BrClN2OS. The van der Waals surface area contributed by atoms with Gasteiger partial charge in [-0.1, -0.05) is 11.6 Å². The van der Waals surface area contributed by atoms with Crippen LogP contribution in [0.25, 0.3) is 0 Å². The molecule has 1 unspecified atom stereocenters. The van der Waals surface area contributed by atoms with E-state index < -0.39 is 0 Å². The van der Waals surface area contributed by atoms with Crippen molar-refractivity contribution in [3.8, 4) is 0 Å². The summed E-state index contributed by atoms with van der Waals surface area (Å²) >= 11 is 11.3. The Morgan fingerprint density at radius 1 is 1.42 bits per heavy atom. The van der Waals surface area contributed by atoms with Crippen molar-refractivity contribution >= 4 is 50.5 Å². The van der Waals surface area contributed by atoms with Gasteiger partial charge in [0, 0.05) is 10.7 Å². The Hall–Kier alpha value is -0.880. The maximum absolute atomic E-state index is 11.4. The third kappa shape index (κ3) is 2.43. The number of hydrogen-bond acceptors (Lipinski definition) is 3. The van der Waals surface area contributed by atoms with E-state index in [-0.39, 0.29) is 11.9 Å². The molecule has 3 N–H and O–H groups in total. The maximum Gasteiger partial charge on any atom is 0.228 e. The van der Waals surface area contributed by atoms with Gasteiger partial charge in [-0.05, 0) is 56.2 Å². The largest absolute Gasteiger partial charge is 0.325 e. The van der Waals surface area contributed by atoms with Gasteiger partial charge in [-0.15, -0.1) is 11.3 Å². The predicted octanol–water partition coefficient (Wildman–Crippen LogP) is 3.71. The molecule has 98 valence electrons. The van der Waals surface area contributed by atoms with Gasteiger partial charge in [0.25, 0.3) is 0 Å². The first kappa shape index (κ1) is 13.1. The Morgan fingerprint density at radius 3 is 2.89 bits per heavy atom. The van der Waals surface area contributed by atoms with Crippen LogP contribution in [0, 0.1) is 0 Å². The van der Waals surface area contributed by atoms with Crippen LogP contribution < -0.4 is 11.1 Å². The maximum atomic E-state index is 11.4. The fourth-order valence-corrected chi connectivity index (χ4v) is 3.66.